The normalized spacial score (nSPS) is 18.6. The number of halogens is 6. The minimum Gasteiger partial charge on any atom is -0.475 e. The number of hydrogen-bond acceptors (Lipinski definition) is 6. The van der Waals surface area contributed by atoms with Gasteiger partial charge in [-0.25, -0.2) is 9.59 Å². The standard InChI is InChI=1S/C18H29N3O.2C2HF3O2/c1-16(2)13-20-8-5-18(6-9-20)15-21(10-11-22-18)14-17-4-3-7-19-12-17;2*3-2(4,5)1(6)7/h3-4,7,12,16H,5-6,8-11,13-15H2,1-2H3;2*(H,6,7). The van der Waals surface area contributed by atoms with Crippen molar-refractivity contribution < 1.29 is 50.9 Å². The molecule has 0 aromatic carbocycles. The smallest absolute Gasteiger partial charge is 0.475 e. The number of aliphatic carboxylic acids is 2. The minimum atomic E-state index is -5.08. The predicted octanol–water partition coefficient (Wildman–Crippen LogP) is 3.67. The minimum absolute atomic E-state index is 0.0912. The maximum atomic E-state index is 10.6. The van der Waals surface area contributed by atoms with Gasteiger partial charge in [-0.2, -0.15) is 26.3 Å². The molecule has 2 saturated heterocycles. The van der Waals surface area contributed by atoms with Gasteiger partial charge in [0.05, 0.1) is 12.2 Å². The van der Waals surface area contributed by atoms with E-state index in [1.54, 1.807) is 0 Å². The van der Waals surface area contributed by atoms with Gasteiger partial charge < -0.3 is 19.8 Å². The van der Waals surface area contributed by atoms with E-state index in [1.807, 2.05) is 18.5 Å². The van der Waals surface area contributed by atoms with Gasteiger partial charge in [-0.1, -0.05) is 19.9 Å². The van der Waals surface area contributed by atoms with E-state index in [4.69, 9.17) is 24.5 Å². The monoisotopic (exact) mass is 531 g/mol. The molecule has 206 valence electrons. The lowest BCUT2D eigenvalue weighted by molar-refractivity contribution is -0.193. The van der Waals surface area contributed by atoms with E-state index in [0.29, 0.717) is 0 Å². The second kappa shape index (κ2) is 13.7. The highest BCUT2D eigenvalue weighted by Crippen LogP contribution is 2.31. The molecule has 14 heteroatoms. The SMILES string of the molecule is CC(C)CN1CCC2(CC1)CN(Cc1cccnc1)CCO2.O=C(O)C(F)(F)F.O=C(O)C(F)(F)F. The molecule has 2 fully saturated rings. The van der Waals surface area contributed by atoms with Crippen molar-refractivity contribution in [1.82, 2.24) is 14.8 Å². The molecule has 2 N–H and O–H groups in total. The zero-order chi connectivity index (χ0) is 27.6. The Morgan fingerprint density at radius 2 is 1.56 bits per heavy atom. The molecular weight excluding hydrogens is 500 g/mol. The van der Waals surface area contributed by atoms with Gasteiger partial charge in [0.2, 0.25) is 0 Å². The summed E-state index contributed by atoms with van der Waals surface area (Å²) in [6.45, 7) is 12.1. The van der Waals surface area contributed by atoms with Crippen molar-refractivity contribution in [3.63, 3.8) is 0 Å². The number of carboxylic acid groups (broad SMARTS) is 2. The lowest BCUT2D eigenvalue weighted by atomic mass is 9.89. The number of carboxylic acids is 2. The van der Waals surface area contributed by atoms with E-state index >= 15 is 0 Å². The van der Waals surface area contributed by atoms with Crippen LogP contribution in [0.4, 0.5) is 26.3 Å². The van der Waals surface area contributed by atoms with Crippen molar-refractivity contribution in [1.29, 1.82) is 0 Å². The highest BCUT2D eigenvalue weighted by Gasteiger charge is 2.40. The third kappa shape index (κ3) is 12.0. The van der Waals surface area contributed by atoms with E-state index in [-0.39, 0.29) is 5.60 Å². The third-order valence-electron chi connectivity index (χ3n) is 5.33. The molecule has 36 heavy (non-hydrogen) atoms. The summed E-state index contributed by atoms with van der Waals surface area (Å²) in [5.41, 5.74) is 1.39. The van der Waals surface area contributed by atoms with Crippen molar-refractivity contribution in [3.8, 4) is 0 Å². The summed E-state index contributed by atoms with van der Waals surface area (Å²) in [6, 6.07) is 4.19. The Hall–Kier alpha value is -2.45. The average molecular weight is 531 g/mol. The lowest BCUT2D eigenvalue weighted by Gasteiger charge is -2.47. The fraction of sp³-hybridized carbons (Fsp3) is 0.682. The van der Waals surface area contributed by atoms with Crippen LogP contribution in [0.25, 0.3) is 0 Å². The molecule has 0 radical (unpaired) electrons. The first kappa shape index (κ1) is 31.6. The second-order valence-corrected chi connectivity index (χ2v) is 8.90. The zero-order valence-corrected chi connectivity index (χ0v) is 20.0. The van der Waals surface area contributed by atoms with Gasteiger partial charge in [-0.15, -0.1) is 0 Å². The number of nitrogens with zero attached hydrogens (tertiary/aromatic N) is 3. The van der Waals surface area contributed by atoms with Crippen LogP contribution in [0.3, 0.4) is 0 Å². The summed E-state index contributed by atoms with van der Waals surface area (Å²) in [5, 5.41) is 14.2. The predicted molar refractivity (Wildman–Crippen MR) is 116 cm³/mol. The molecule has 0 atom stereocenters. The number of ether oxygens (including phenoxy) is 1. The number of rotatable bonds is 4. The van der Waals surface area contributed by atoms with Gasteiger partial charge in [0.25, 0.3) is 0 Å². The quantitative estimate of drug-likeness (QED) is 0.568. The van der Waals surface area contributed by atoms with Crippen LogP contribution < -0.4 is 0 Å². The molecule has 2 aliphatic heterocycles. The van der Waals surface area contributed by atoms with Crippen LogP contribution in [0.15, 0.2) is 24.5 Å². The van der Waals surface area contributed by atoms with Crippen LogP contribution in [0.1, 0.15) is 32.3 Å². The Bertz CT molecular complexity index is 789. The summed E-state index contributed by atoms with van der Waals surface area (Å²) >= 11 is 0. The Labute approximate surface area is 204 Å². The molecule has 1 aromatic heterocycles. The molecule has 0 amide bonds. The van der Waals surface area contributed by atoms with Gasteiger partial charge in [0.1, 0.15) is 0 Å². The number of morpholine rings is 1. The molecule has 1 aromatic rings. The lowest BCUT2D eigenvalue weighted by Crippen LogP contribution is -2.56. The average Bonchev–Trinajstić information content (AvgIpc) is 2.76. The van der Waals surface area contributed by atoms with Gasteiger partial charge in [0, 0.05) is 51.7 Å². The molecule has 0 unspecified atom stereocenters. The fourth-order valence-electron chi connectivity index (χ4n) is 3.77. The van der Waals surface area contributed by atoms with Crippen LogP contribution in [0, 0.1) is 5.92 Å². The van der Waals surface area contributed by atoms with Gasteiger partial charge in [-0.05, 0) is 30.4 Å². The van der Waals surface area contributed by atoms with E-state index in [9.17, 15) is 26.3 Å². The Kier molecular flexibility index (Phi) is 12.1. The molecule has 0 saturated carbocycles. The number of pyridine rings is 1. The van der Waals surface area contributed by atoms with E-state index < -0.39 is 24.3 Å². The van der Waals surface area contributed by atoms with Gasteiger partial charge in [-0.3, -0.25) is 9.88 Å². The van der Waals surface area contributed by atoms with Crippen LogP contribution in [0.5, 0.6) is 0 Å². The maximum Gasteiger partial charge on any atom is 0.490 e. The number of carbonyl (C=O) groups is 2. The zero-order valence-electron chi connectivity index (χ0n) is 20.0. The topological polar surface area (TPSA) is 103 Å². The number of hydrogen-bond donors (Lipinski definition) is 2. The van der Waals surface area contributed by atoms with Crippen LogP contribution >= 0.6 is 0 Å². The maximum absolute atomic E-state index is 10.6. The second-order valence-electron chi connectivity index (χ2n) is 8.90. The summed E-state index contributed by atoms with van der Waals surface area (Å²) in [7, 11) is 0. The fourth-order valence-corrected chi connectivity index (χ4v) is 3.77. The number of aromatic nitrogens is 1. The van der Waals surface area contributed by atoms with Gasteiger partial charge >= 0.3 is 24.3 Å². The summed E-state index contributed by atoms with van der Waals surface area (Å²) in [6.07, 6.45) is -4.01. The Morgan fingerprint density at radius 1 is 1.03 bits per heavy atom. The van der Waals surface area contributed by atoms with Crippen LogP contribution in [-0.2, 0) is 20.9 Å². The highest BCUT2D eigenvalue weighted by molar-refractivity contribution is 5.73. The van der Waals surface area contributed by atoms with Crippen molar-refractivity contribution in [2.45, 2.75) is 51.2 Å². The third-order valence-corrected chi connectivity index (χ3v) is 5.33. The largest absolute Gasteiger partial charge is 0.490 e. The summed E-state index contributed by atoms with van der Waals surface area (Å²) in [5.74, 6) is -4.76. The summed E-state index contributed by atoms with van der Waals surface area (Å²) < 4.78 is 69.7. The molecule has 3 rings (SSSR count). The van der Waals surface area contributed by atoms with Crippen molar-refractivity contribution in [3.05, 3.63) is 30.1 Å². The number of alkyl halides is 6. The molecule has 2 aliphatic rings. The number of likely N-dealkylation sites (tertiary alicyclic amines) is 1. The molecule has 8 nitrogen and oxygen atoms in total. The summed E-state index contributed by atoms with van der Waals surface area (Å²) in [4.78, 5) is 27.2. The van der Waals surface area contributed by atoms with Crippen molar-refractivity contribution in [2.24, 2.45) is 5.92 Å². The molecule has 1 spiro atoms. The van der Waals surface area contributed by atoms with Crippen molar-refractivity contribution in [2.75, 3.05) is 39.3 Å². The first-order chi connectivity index (χ1) is 16.5. The van der Waals surface area contributed by atoms with E-state index in [2.05, 4.69) is 34.7 Å². The van der Waals surface area contributed by atoms with Gasteiger partial charge in [0.15, 0.2) is 0 Å². The van der Waals surface area contributed by atoms with E-state index in [1.165, 1.54) is 38.0 Å². The molecule has 0 bridgehead atoms. The van der Waals surface area contributed by atoms with Crippen LogP contribution in [-0.4, -0.2) is 94.2 Å². The first-order valence-corrected chi connectivity index (χ1v) is 11.1. The van der Waals surface area contributed by atoms with E-state index in [0.717, 1.165) is 32.2 Å². The number of piperidine rings is 1. The first-order valence-electron chi connectivity index (χ1n) is 11.1. The van der Waals surface area contributed by atoms with Crippen LogP contribution in [0.2, 0.25) is 0 Å². The highest BCUT2D eigenvalue weighted by atomic mass is 19.4. The Morgan fingerprint density at radius 3 is 1.97 bits per heavy atom. The molecule has 3 heterocycles. The van der Waals surface area contributed by atoms with Crippen molar-refractivity contribution >= 4 is 11.9 Å². The molecule has 0 aliphatic carbocycles. The molecular formula is C22H31F6N3O5. The Balaban J connectivity index is 0.000000383.